The molecule has 7 heteroatoms. The number of nitrogens with zero attached hydrogens (tertiary/aromatic N) is 5. The molecule has 3 aromatic heterocycles. The second-order valence-electron chi connectivity index (χ2n) is 17.1. The van der Waals surface area contributed by atoms with Gasteiger partial charge < -0.3 is 5.32 Å². The summed E-state index contributed by atoms with van der Waals surface area (Å²) >= 11 is 0. The van der Waals surface area contributed by atoms with Gasteiger partial charge in [0, 0.05) is 46.0 Å². The Balaban J connectivity index is 0.973. The number of hydrogen-bond donors (Lipinski definition) is 2. The predicted octanol–water partition coefficient (Wildman–Crippen LogP) is 13.9. The van der Waals surface area contributed by atoms with Crippen LogP contribution in [0.25, 0.3) is 78.4 Å². The van der Waals surface area contributed by atoms with Crippen LogP contribution in [0, 0.1) is 13.8 Å². The molecular formula is C61H47N7. The Kier molecular flexibility index (Phi) is 11.5. The van der Waals surface area contributed by atoms with Crippen molar-refractivity contribution < 1.29 is 0 Å². The summed E-state index contributed by atoms with van der Waals surface area (Å²) in [6.07, 6.45) is 3.25. The second kappa shape index (κ2) is 18.7. The monoisotopic (exact) mass is 877 g/mol. The Morgan fingerprint density at radius 2 is 0.882 bits per heavy atom. The van der Waals surface area contributed by atoms with Gasteiger partial charge in [-0.05, 0) is 106 Å². The summed E-state index contributed by atoms with van der Waals surface area (Å²) in [7, 11) is 0. The molecule has 1 aliphatic heterocycles. The van der Waals surface area contributed by atoms with E-state index in [2.05, 4.69) is 187 Å². The van der Waals surface area contributed by atoms with Crippen molar-refractivity contribution >= 4 is 5.84 Å². The Morgan fingerprint density at radius 1 is 0.368 bits per heavy atom. The third-order valence-corrected chi connectivity index (χ3v) is 12.5. The van der Waals surface area contributed by atoms with Gasteiger partial charge in [0.05, 0.1) is 11.4 Å². The van der Waals surface area contributed by atoms with Crippen LogP contribution in [-0.2, 0) is 0 Å². The minimum atomic E-state index is -0.260. The molecule has 326 valence electrons. The molecule has 10 aromatic rings. The van der Waals surface area contributed by atoms with Crippen LogP contribution in [0.15, 0.2) is 230 Å². The molecule has 0 bridgehead atoms. The predicted molar refractivity (Wildman–Crippen MR) is 276 cm³/mol. The summed E-state index contributed by atoms with van der Waals surface area (Å²) in [6.45, 7) is 4.12. The molecule has 7 nitrogen and oxygen atoms in total. The van der Waals surface area contributed by atoms with Crippen LogP contribution in [0.1, 0.15) is 40.4 Å². The first kappa shape index (κ1) is 42.0. The lowest BCUT2D eigenvalue weighted by Crippen LogP contribution is -2.44. The van der Waals surface area contributed by atoms with E-state index in [-0.39, 0.29) is 12.3 Å². The number of nitrogens with one attached hydrogen (secondary N) is 2. The summed E-state index contributed by atoms with van der Waals surface area (Å²) in [5.41, 5.74) is 18.7. The maximum Gasteiger partial charge on any atom is 0.161 e. The zero-order valence-corrected chi connectivity index (χ0v) is 37.8. The van der Waals surface area contributed by atoms with E-state index in [1.165, 1.54) is 0 Å². The molecule has 0 amide bonds. The average molecular weight is 878 g/mol. The number of rotatable bonds is 10. The van der Waals surface area contributed by atoms with Crippen molar-refractivity contribution in [2.24, 2.45) is 4.99 Å². The maximum atomic E-state index is 5.26. The highest BCUT2D eigenvalue weighted by Gasteiger charge is 2.26. The molecule has 0 spiro atoms. The van der Waals surface area contributed by atoms with E-state index in [0.29, 0.717) is 5.82 Å². The molecule has 1 aliphatic rings. The molecule has 0 radical (unpaired) electrons. The normalized spacial score (nSPS) is 14.5. The van der Waals surface area contributed by atoms with Gasteiger partial charge >= 0.3 is 0 Å². The molecule has 2 N–H and O–H groups in total. The van der Waals surface area contributed by atoms with Gasteiger partial charge in [-0.25, -0.2) is 15.0 Å². The first-order chi connectivity index (χ1) is 33.5. The number of aryl methyl sites for hydroxylation is 2. The van der Waals surface area contributed by atoms with Crippen molar-refractivity contribution in [2.75, 3.05) is 0 Å². The fourth-order valence-corrected chi connectivity index (χ4v) is 9.10. The maximum absolute atomic E-state index is 5.26. The Morgan fingerprint density at radius 3 is 1.53 bits per heavy atom. The average Bonchev–Trinajstić information content (AvgIpc) is 3.41. The molecule has 0 fully saturated rings. The topological polar surface area (TPSA) is 88.0 Å². The van der Waals surface area contributed by atoms with Gasteiger partial charge in [-0.1, -0.05) is 176 Å². The standard InChI is InChI=1S/C61H47N7/c1-40-36-51(37-41(2)63-40)55-38-50(30-31-53(55)52-20-12-13-21-54(52)61-64-56(45-14-6-3-7-15-45)39-57(65-61)46-16-8-4-9-17-46)43-24-28-49(29-25-43)60-67-58(47-18-10-5-11-19-47)66-59(68-60)48-26-22-42(23-27-48)44-32-34-62-35-33-44/h3-39,58-59,66H,1-2H3,(H,67,68). The highest BCUT2D eigenvalue weighted by Crippen LogP contribution is 2.41. The molecule has 7 aromatic carbocycles. The molecule has 11 rings (SSSR count). The van der Waals surface area contributed by atoms with Crippen LogP contribution >= 0.6 is 0 Å². The van der Waals surface area contributed by atoms with E-state index in [9.17, 15) is 0 Å². The number of aliphatic imine (C=N–C) groups is 1. The van der Waals surface area contributed by atoms with Crippen molar-refractivity contribution in [3.63, 3.8) is 0 Å². The van der Waals surface area contributed by atoms with Crippen LogP contribution < -0.4 is 10.6 Å². The smallest absolute Gasteiger partial charge is 0.161 e. The molecule has 0 saturated carbocycles. The zero-order chi connectivity index (χ0) is 45.8. The van der Waals surface area contributed by atoms with Gasteiger partial charge in [-0.2, -0.15) is 0 Å². The summed E-state index contributed by atoms with van der Waals surface area (Å²) in [6, 6.07) is 74.3. The number of pyridine rings is 2. The Labute approximate surface area is 397 Å². The van der Waals surface area contributed by atoms with E-state index >= 15 is 0 Å². The largest absolute Gasteiger partial charge is 0.350 e. The van der Waals surface area contributed by atoms with Crippen molar-refractivity contribution in [3.05, 3.63) is 253 Å². The van der Waals surface area contributed by atoms with E-state index in [1.807, 2.05) is 67.0 Å². The van der Waals surface area contributed by atoms with Gasteiger partial charge in [0.15, 0.2) is 5.82 Å². The molecule has 2 atom stereocenters. The van der Waals surface area contributed by atoms with Crippen LogP contribution in [0.5, 0.6) is 0 Å². The summed E-state index contributed by atoms with van der Waals surface area (Å²) in [5, 5.41) is 7.45. The van der Waals surface area contributed by atoms with Gasteiger partial charge in [0.2, 0.25) is 0 Å². The lowest BCUT2D eigenvalue weighted by Gasteiger charge is -2.32. The number of aromatic nitrogens is 4. The van der Waals surface area contributed by atoms with Crippen LogP contribution in [0.4, 0.5) is 0 Å². The van der Waals surface area contributed by atoms with E-state index < -0.39 is 0 Å². The number of hydrogen-bond acceptors (Lipinski definition) is 7. The Hall–Kier alpha value is -8.65. The minimum absolute atomic E-state index is 0.144. The SMILES string of the molecule is Cc1cc(-c2cc(-c3ccc(C4=NC(c5ccc(-c6ccncc6)cc5)NC(c5ccccc5)N4)cc3)ccc2-c2ccccc2-c2nc(-c3ccccc3)cc(-c3ccccc3)n2)cc(C)n1. The van der Waals surface area contributed by atoms with E-state index in [0.717, 1.165) is 106 Å². The highest BCUT2D eigenvalue weighted by atomic mass is 15.3. The van der Waals surface area contributed by atoms with E-state index in [1.54, 1.807) is 0 Å². The summed E-state index contributed by atoms with van der Waals surface area (Å²) in [4.78, 5) is 24.7. The summed E-state index contributed by atoms with van der Waals surface area (Å²) in [5.74, 6) is 1.50. The van der Waals surface area contributed by atoms with Gasteiger partial charge in [0.25, 0.3) is 0 Å². The molecule has 2 unspecified atom stereocenters. The lowest BCUT2D eigenvalue weighted by atomic mass is 9.88. The highest BCUT2D eigenvalue weighted by molar-refractivity contribution is 6.00. The molecule has 0 aliphatic carbocycles. The van der Waals surface area contributed by atoms with Crippen molar-refractivity contribution in [3.8, 4) is 78.4 Å². The second-order valence-corrected chi connectivity index (χ2v) is 17.1. The van der Waals surface area contributed by atoms with Crippen LogP contribution in [0.2, 0.25) is 0 Å². The van der Waals surface area contributed by atoms with Crippen LogP contribution in [0.3, 0.4) is 0 Å². The number of benzene rings is 7. The third-order valence-electron chi connectivity index (χ3n) is 12.5. The van der Waals surface area contributed by atoms with E-state index in [4.69, 9.17) is 19.9 Å². The minimum Gasteiger partial charge on any atom is -0.350 e. The Bertz CT molecular complexity index is 3320. The summed E-state index contributed by atoms with van der Waals surface area (Å²) < 4.78 is 0. The van der Waals surface area contributed by atoms with Gasteiger partial charge in [-0.15, -0.1) is 0 Å². The van der Waals surface area contributed by atoms with Crippen molar-refractivity contribution in [2.45, 2.75) is 26.2 Å². The molecule has 4 heterocycles. The quantitative estimate of drug-likeness (QED) is 0.142. The van der Waals surface area contributed by atoms with Crippen LogP contribution in [-0.4, -0.2) is 25.8 Å². The molecular weight excluding hydrogens is 831 g/mol. The third kappa shape index (κ3) is 8.86. The van der Waals surface area contributed by atoms with Gasteiger partial charge in [-0.3, -0.25) is 15.3 Å². The van der Waals surface area contributed by atoms with Crippen molar-refractivity contribution in [1.29, 1.82) is 0 Å². The lowest BCUT2D eigenvalue weighted by molar-refractivity contribution is 0.409. The molecule has 68 heavy (non-hydrogen) atoms. The number of amidine groups is 1. The first-order valence-electron chi connectivity index (χ1n) is 22.9. The van der Waals surface area contributed by atoms with Gasteiger partial charge in [0.1, 0.15) is 18.2 Å². The molecule has 0 saturated heterocycles. The van der Waals surface area contributed by atoms with Crippen molar-refractivity contribution in [1.82, 2.24) is 30.6 Å². The zero-order valence-electron chi connectivity index (χ0n) is 37.8. The fraction of sp³-hybridized carbons (Fsp3) is 0.0656. The first-order valence-corrected chi connectivity index (χ1v) is 22.9. The fourth-order valence-electron chi connectivity index (χ4n) is 9.10.